The van der Waals surface area contributed by atoms with Crippen LogP contribution in [0.3, 0.4) is 0 Å². The maximum atomic E-state index is 12.3. The lowest BCUT2D eigenvalue weighted by Crippen LogP contribution is -2.54. The number of amides is 2. The molecular formula is C11H18N2O4. The number of aliphatic carboxylic acids is 1. The number of carboxylic acids is 1. The van der Waals surface area contributed by atoms with Crippen molar-refractivity contribution in [3.8, 4) is 0 Å². The van der Waals surface area contributed by atoms with E-state index in [0.29, 0.717) is 32.7 Å². The van der Waals surface area contributed by atoms with Crippen molar-refractivity contribution in [3.63, 3.8) is 0 Å². The lowest BCUT2D eigenvalue weighted by atomic mass is 10.2. The van der Waals surface area contributed by atoms with E-state index in [1.165, 1.54) is 4.90 Å². The van der Waals surface area contributed by atoms with E-state index in [2.05, 4.69) is 0 Å². The van der Waals surface area contributed by atoms with Crippen LogP contribution in [-0.4, -0.2) is 65.3 Å². The SMILES string of the molecule is CC1COCCN1C(=O)N1CCC[C@H]1C(=O)O. The molecule has 0 aromatic carbocycles. The number of rotatable bonds is 1. The normalized spacial score (nSPS) is 29.5. The first-order valence-electron chi connectivity index (χ1n) is 5.99. The molecule has 1 unspecified atom stereocenters. The smallest absolute Gasteiger partial charge is 0.326 e. The summed E-state index contributed by atoms with van der Waals surface area (Å²) in [5, 5.41) is 9.06. The van der Waals surface area contributed by atoms with E-state index in [4.69, 9.17) is 9.84 Å². The Kier molecular flexibility index (Phi) is 3.51. The van der Waals surface area contributed by atoms with Gasteiger partial charge in [-0.2, -0.15) is 0 Å². The predicted octanol–water partition coefficient (Wildman–Crippen LogP) is 0.376. The number of carbonyl (C=O) groups is 2. The highest BCUT2D eigenvalue weighted by Crippen LogP contribution is 2.21. The maximum Gasteiger partial charge on any atom is 0.326 e. The second kappa shape index (κ2) is 4.91. The fourth-order valence-electron chi connectivity index (χ4n) is 2.43. The van der Waals surface area contributed by atoms with E-state index >= 15 is 0 Å². The van der Waals surface area contributed by atoms with Gasteiger partial charge in [0.25, 0.3) is 0 Å². The van der Waals surface area contributed by atoms with Crippen LogP contribution in [-0.2, 0) is 9.53 Å². The average molecular weight is 242 g/mol. The van der Waals surface area contributed by atoms with E-state index in [0.717, 1.165) is 6.42 Å². The molecular weight excluding hydrogens is 224 g/mol. The number of ether oxygens (including phenoxy) is 1. The third-order valence-corrected chi connectivity index (χ3v) is 3.40. The molecule has 6 nitrogen and oxygen atoms in total. The molecule has 0 aliphatic carbocycles. The fourth-order valence-corrected chi connectivity index (χ4v) is 2.43. The van der Waals surface area contributed by atoms with Crippen molar-refractivity contribution in [2.75, 3.05) is 26.3 Å². The summed E-state index contributed by atoms with van der Waals surface area (Å²) in [7, 11) is 0. The summed E-state index contributed by atoms with van der Waals surface area (Å²) in [6.45, 7) is 4.06. The summed E-state index contributed by atoms with van der Waals surface area (Å²) in [6, 6.07) is -0.797. The van der Waals surface area contributed by atoms with Gasteiger partial charge in [-0.3, -0.25) is 0 Å². The zero-order valence-electron chi connectivity index (χ0n) is 9.96. The first-order valence-corrected chi connectivity index (χ1v) is 5.99. The number of morpholine rings is 1. The van der Waals surface area contributed by atoms with Crippen molar-refractivity contribution in [1.82, 2.24) is 9.80 Å². The molecule has 0 bridgehead atoms. The van der Waals surface area contributed by atoms with Crippen LogP contribution in [0.4, 0.5) is 4.79 Å². The number of hydrogen-bond acceptors (Lipinski definition) is 3. The maximum absolute atomic E-state index is 12.3. The molecule has 2 aliphatic heterocycles. The predicted molar refractivity (Wildman–Crippen MR) is 59.7 cm³/mol. The molecule has 0 saturated carbocycles. The Morgan fingerprint density at radius 1 is 1.29 bits per heavy atom. The van der Waals surface area contributed by atoms with E-state index in [-0.39, 0.29) is 12.1 Å². The molecule has 0 spiro atoms. The lowest BCUT2D eigenvalue weighted by molar-refractivity contribution is -0.141. The van der Waals surface area contributed by atoms with E-state index in [9.17, 15) is 9.59 Å². The highest BCUT2D eigenvalue weighted by atomic mass is 16.5. The highest BCUT2D eigenvalue weighted by Gasteiger charge is 2.37. The Labute approximate surface area is 100 Å². The molecule has 6 heteroatoms. The molecule has 96 valence electrons. The van der Waals surface area contributed by atoms with Gasteiger partial charge in [-0.05, 0) is 19.8 Å². The number of carboxylic acid groups (broad SMARTS) is 1. The molecule has 1 N–H and O–H groups in total. The van der Waals surface area contributed by atoms with Crippen molar-refractivity contribution >= 4 is 12.0 Å². The molecule has 2 saturated heterocycles. The molecule has 2 heterocycles. The van der Waals surface area contributed by atoms with Gasteiger partial charge in [0.05, 0.1) is 19.3 Å². The second-order valence-corrected chi connectivity index (χ2v) is 4.59. The standard InChI is InChI=1S/C11H18N2O4/c1-8-7-17-6-5-12(8)11(16)13-4-2-3-9(13)10(14)15/h8-9H,2-7H2,1H3,(H,14,15)/t8?,9-/m0/s1. The third kappa shape index (κ3) is 2.36. The molecule has 17 heavy (non-hydrogen) atoms. The topological polar surface area (TPSA) is 70.1 Å². The van der Waals surface area contributed by atoms with Crippen molar-refractivity contribution in [1.29, 1.82) is 0 Å². The van der Waals surface area contributed by atoms with Crippen LogP contribution < -0.4 is 0 Å². The minimum Gasteiger partial charge on any atom is -0.480 e. The van der Waals surface area contributed by atoms with Crippen molar-refractivity contribution in [2.45, 2.75) is 31.8 Å². The van der Waals surface area contributed by atoms with Gasteiger partial charge in [0.1, 0.15) is 6.04 Å². The van der Waals surface area contributed by atoms with Crippen molar-refractivity contribution in [3.05, 3.63) is 0 Å². The van der Waals surface area contributed by atoms with Crippen LogP contribution in [0.15, 0.2) is 0 Å². The van der Waals surface area contributed by atoms with Gasteiger partial charge in [-0.1, -0.05) is 0 Å². The quantitative estimate of drug-likeness (QED) is 0.721. The molecule has 0 radical (unpaired) electrons. The molecule has 0 aromatic rings. The van der Waals surface area contributed by atoms with Crippen LogP contribution >= 0.6 is 0 Å². The van der Waals surface area contributed by atoms with Crippen LogP contribution in [0.5, 0.6) is 0 Å². The zero-order valence-corrected chi connectivity index (χ0v) is 9.96. The summed E-state index contributed by atoms with van der Waals surface area (Å²) < 4.78 is 5.27. The van der Waals surface area contributed by atoms with E-state index in [1.54, 1.807) is 4.90 Å². The number of likely N-dealkylation sites (tertiary alicyclic amines) is 1. The average Bonchev–Trinajstić information content (AvgIpc) is 2.77. The Hall–Kier alpha value is -1.30. The molecule has 2 atom stereocenters. The van der Waals surface area contributed by atoms with Gasteiger partial charge in [0, 0.05) is 13.1 Å². The Morgan fingerprint density at radius 2 is 2.06 bits per heavy atom. The van der Waals surface area contributed by atoms with Gasteiger partial charge in [-0.25, -0.2) is 9.59 Å². The first-order chi connectivity index (χ1) is 8.11. The second-order valence-electron chi connectivity index (χ2n) is 4.59. The van der Waals surface area contributed by atoms with Gasteiger partial charge in [0.15, 0.2) is 0 Å². The summed E-state index contributed by atoms with van der Waals surface area (Å²) in [6.07, 6.45) is 1.32. The number of urea groups is 1. The number of nitrogens with zero attached hydrogens (tertiary/aromatic N) is 2. The van der Waals surface area contributed by atoms with Gasteiger partial charge in [0.2, 0.25) is 0 Å². The van der Waals surface area contributed by atoms with Gasteiger partial charge in [-0.15, -0.1) is 0 Å². The van der Waals surface area contributed by atoms with E-state index < -0.39 is 12.0 Å². The molecule has 2 rings (SSSR count). The highest BCUT2D eigenvalue weighted by molar-refractivity contribution is 5.83. The Bertz CT molecular complexity index is 321. The van der Waals surface area contributed by atoms with Gasteiger partial charge >= 0.3 is 12.0 Å². The number of carbonyl (C=O) groups excluding carboxylic acids is 1. The van der Waals surface area contributed by atoms with Crippen LogP contribution in [0.2, 0.25) is 0 Å². The van der Waals surface area contributed by atoms with E-state index in [1.807, 2.05) is 6.92 Å². The van der Waals surface area contributed by atoms with Crippen LogP contribution in [0, 0.1) is 0 Å². The summed E-state index contributed by atoms with van der Waals surface area (Å²) in [5.41, 5.74) is 0. The molecule has 2 amide bonds. The Balaban J connectivity index is 2.05. The summed E-state index contributed by atoms with van der Waals surface area (Å²) >= 11 is 0. The first kappa shape index (κ1) is 12.2. The lowest BCUT2D eigenvalue weighted by Gasteiger charge is -2.37. The number of hydrogen-bond donors (Lipinski definition) is 1. The minimum atomic E-state index is -0.906. The van der Waals surface area contributed by atoms with Crippen LogP contribution in [0.25, 0.3) is 0 Å². The fraction of sp³-hybridized carbons (Fsp3) is 0.818. The van der Waals surface area contributed by atoms with Gasteiger partial charge < -0.3 is 19.6 Å². The van der Waals surface area contributed by atoms with Crippen molar-refractivity contribution in [2.24, 2.45) is 0 Å². The monoisotopic (exact) mass is 242 g/mol. The largest absolute Gasteiger partial charge is 0.480 e. The molecule has 2 fully saturated rings. The minimum absolute atomic E-state index is 0.0197. The summed E-state index contributed by atoms with van der Waals surface area (Å²) in [4.78, 5) is 26.5. The summed E-state index contributed by atoms with van der Waals surface area (Å²) in [5.74, 6) is -0.906. The molecule has 0 aromatic heterocycles. The molecule has 2 aliphatic rings. The Morgan fingerprint density at radius 3 is 2.71 bits per heavy atom. The third-order valence-electron chi connectivity index (χ3n) is 3.40. The van der Waals surface area contributed by atoms with Crippen molar-refractivity contribution < 1.29 is 19.4 Å². The zero-order chi connectivity index (χ0) is 12.4. The van der Waals surface area contributed by atoms with Crippen LogP contribution in [0.1, 0.15) is 19.8 Å².